The van der Waals surface area contributed by atoms with Gasteiger partial charge >= 0.3 is 17.1 Å². The fraction of sp³-hybridized carbons (Fsp3) is 0.364. The summed E-state index contributed by atoms with van der Waals surface area (Å²) in [6, 6.07) is 32.1. The Hall–Kier alpha value is -2.40. The van der Waals surface area contributed by atoms with Crippen LogP contribution in [0.2, 0.25) is 0 Å². The monoisotopic (exact) mass is 736 g/mol. The second kappa shape index (κ2) is 20.4. The van der Waals surface area contributed by atoms with Gasteiger partial charge < -0.3 is 24.3 Å². The van der Waals surface area contributed by atoms with Crippen molar-refractivity contribution in [2.45, 2.75) is 84.0 Å². The third-order valence-corrected chi connectivity index (χ3v) is 15.9. The van der Waals surface area contributed by atoms with Crippen molar-refractivity contribution in [1.82, 2.24) is 0 Å². The quantitative estimate of drug-likeness (QED) is 0.0737. The zero-order valence-corrected chi connectivity index (χ0v) is 34.0. The molecular weight excluding hydrogens is 678 g/mol. The molecule has 4 aromatic carbocycles. The number of benzene rings is 4. The summed E-state index contributed by atoms with van der Waals surface area (Å²) in [6.45, 7) is 13.1. The van der Waals surface area contributed by atoms with Gasteiger partial charge in [0.05, 0.1) is 14.2 Å². The molecule has 0 aromatic heterocycles. The summed E-state index contributed by atoms with van der Waals surface area (Å²) in [7, 11) is 2.28. The Kier molecular flexibility index (Phi) is 17.8. The molecule has 6 rings (SSSR count). The van der Waals surface area contributed by atoms with E-state index in [9.17, 15) is 0 Å². The van der Waals surface area contributed by atoms with Crippen molar-refractivity contribution in [3.05, 3.63) is 135 Å². The largest absolute Gasteiger partial charge is 2.00 e. The van der Waals surface area contributed by atoms with Gasteiger partial charge in [0.15, 0.2) is 0 Å². The number of methoxy groups -OCH3 is 2. The van der Waals surface area contributed by atoms with E-state index in [1.165, 1.54) is 88.4 Å². The van der Waals surface area contributed by atoms with Crippen LogP contribution in [0, 0.1) is 48.5 Å². The average Bonchev–Trinajstić information content (AvgIpc) is 3.77. The normalized spacial score (nSPS) is 18.0. The summed E-state index contributed by atoms with van der Waals surface area (Å²) >= 11 is 0. The molecule has 0 radical (unpaired) electrons. The molecule has 2 aliphatic carbocycles. The van der Waals surface area contributed by atoms with E-state index in [4.69, 9.17) is 9.47 Å². The molecule has 0 N–H and O–H groups in total. The van der Waals surface area contributed by atoms with E-state index in [0.29, 0.717) is 17.2 Å². The topological polar surface area (TPSA) is 18.5 Å². The fourth-order valence-electron chi connectivity index (χ4n) is 7.76. The van der Waals surface area contributed by atoms with Gasteiger partial charge in [0.2, 0.25) is 0 Å². The molecule has 4 aromatic rings. The summed E-state index contributed by atoms with van der Waals surface area (Å²) in [5, 5.41) is 5.79. The van der Waals surface area contributed by atoms with Crippen LogP contribution in [0.3, 0.4) is 0 Å². The first-order valence-electron chi connectivity index (χ1n) is 17.0. The van der Waals surface area contributed by atoms with Crippen molar-refractivity contribution in [2.75, 3.05) is 14.2 Å². The van der Waals surface area contributed by atoms with Crippen molar-refractivity contribution >= 4 is 37.1 Å². The number of hydrogen-bond acceptors (Lipinski definition) is 2. The van der Waals surface area contributed by atoms with E-state index < -0.39 is 15.8 Å². The van der Waals surface area contributed by atoms with E-state index in [2.05, 4.69) is 125 Å². The molecule has 0 bridgehead atoms. The summed E-state index contributed by atoms with van der Waals surface area (Å²) in [5.41, 5.74) is 5.82. The summed E-state index contributed by atoms with van der Waals surface area (Å²) < 4.78 is 11.6. The van der Waals surface area contributed by atoms with Crippen LogP contribution in [-0.4, -0.2) is 25.5 Å². The molecule has 49 heavy (non-hydrogen) atoms. The molecule has 2 nitrogen and oxygen atoms in total. The molecule has 5 heteroatoms. The molecule has 264 valence electrons. The third-order valence-electron chi connectivity index (χ3n) is 9.73. The Morgan fingerprint density at radius 3 is 1.27 bits per heavy atom. The summed E-state index contributed by atoms with van der Waals surface area (Å²) in [4.78, 5) is 0. The maximum atomic E-state index is 5.81. The maximum Gasteiger partial charge on any atom is 2.00 e. The SMILES string of the molecule is C1CCCC1.C=CC1CCC(P(c2ccccc2)c2ccccc2)C1P(c1cc(C)c(OC)c(C)c1)c1cc(C)c(OC)c(C)c1.[CH3-].[CH3-].[Fe+2]. The minimum absolute atomic E-state index is 0. The Morgan fingerprint density at radius 2 is 0.939 bits per heavy atom. The van der Waals surface area contributed by atoms with Crippen LogP contribution in [-0.2, 0) is 17.1 Å². The van der Waals surface area contributed by atoms with E-state index in [-0.39, 0.29) is 31.9 Å². The van der Waals surface area contributed by atoms with Crippen molar-refractivity contribution in [1.29, 1.82) is 0 Å². The van der Waals surface area contributed by atoms with Crippen molar-refractivity contribution in [3.63, 3.8) is 0 Å². The van der Waals surface area contributed by atoms with Gasteiger partial charge in [-0.15, -0.1) is 6.58 Å². The molecule has 2 aliphatic rings. The molecular formula is C44H58FeO2P2. The van der Waals surface area contributed by atoms with Crippen LogP contribution in [0.1, 0.15) is 67.2 Å². The second-order valence-corrected chi connectivity index (χ2v) is 17.7. The first-order chi connectivity index (χ1) is 22.4. The first-order valence-corrected chi connectivity index (χ1v) is 19.8. The van der Waals surface area contributed by atoms with Gasteiger partial charge in [0.1, 0.15) is 11.5 Å². The van der Waals surface area contributed by atoms with E-state index in [0.717, 1.165) is 11.5 Å². The Balaban J connectivity index is 0.000000956. The van der Waals surface area contributed by atoms with Gasteiger partial charge in [-0.25, -0.2) is 0 Å². The zero-order valence-electron chi connectivity index (χ0n) is 31.1. The van der Waals surface area contributed by atoms with Crippen LogP contribution in [0.4, 0.5) is 0 Å². The van der Waals surface area contributed by atoms with Crippen LogP contribution in [0.25, 0.3) is 0 Å². The summed E-state index contributed by atoms with van der Waals surface area (Å²) in [5.74, 6) is 2.43. The van der Waals surface area contributed by atoms with Gasteiger partial charge in [-0.05, 0) is 136 Å². The van der Waals surface area contributed by atoms with Gasteiger partial charge in [-0.3, -0.25) is 0 Å². The number of allylic oxidation sites excluding steroid dienone is 1. The van der Waals surface area contributed by atoms with Gasteiger partial charge in [0, 0.05) is 5.66 Å². The number of ether oxygens (including phenoxy) is 2. The Morgan fingerprint density at radius 1 is 0.571 bits per heavy atom. The van der Waals surface area contributed by atoms with Crippen molar-refractivity contribution in [3.8, 4) is 11.5 Å². The number of hydrogen-bond donors (Lipinski definition) is 0. The van der Waals surface area contributed by atoms with E-state index in [1.54, 1.807) is 14.2 Å². The first kappa shape index (κ1) is 42.8. The molecule has 0 aliphatic heterocycles. The second-order valence-electron chi connectivity index (χ2n) is 12.9. The Bertz CT molecular complexity index is 1430. The zero-order chi connectivity index (χ0) is 32.6. The minimum Gasteiger partial charge on any atom is -0.496 e. The molecule has 3 atom stereocenters. The van der Waals surface area contributed by atoms with Gasteiger partial charge in [0.25, 0.3) is 0 Å². The number of rotatable bonds is 9. The predicted molar refractivity (Wildman–Crippen MR) is 217 cm³/mol. The molecule has 0 saturated heterocycles. The van der Waals surface area contributed by atoms with E-state index >= 15 is 0 Å². The summed E-state index contributed by atoms with van der Waals surface area (Å²) in [6.07, 6.45) is 12.1. The maximum absolute atomic E-state index is 5.81. The van der Waals surface area contributed by atoms with Crippen LogP contribution >= 0.6 is 15.8 Å². The van der Waals surface area contributed by atoms with Crippen LogP contribution in [0.5, 0.6) is 11.5 Å². The fourth-order valence-corrected chi connectivity index (χ4v) is 15.0. The van der Waals surface area contributed by atoms with Crippen molar-refractivity contribution in [2.24, 2.45) is 5.92 Å². The molecule has 2 fully saturated rings. The average molecular weight is 737 g/mol. The van der Waals surface area contributed by atoms with E-state index in [1.807, 2.05) is 0 Å². The number of aryl methyl sites for hydroxylation is 4. The molecule has 2 saturated carbocycles. The Labute approximate surface area is 312 Å². The predicted octanol–water partition coefficient (Wildman–Crippen LogP) is 10.7. The third kappa shape index (κ3) is 9.89. The minimum atomic E-state index is -0.715. The van der Waals surface area contributed by atoms with Crippen molar-refractivity contribution < 1.29 is 26.5 Å². The molecule has 0 spiro atoms. The van der Waals surface area contributed by atoms with Crippen LogP contribution < -0.4 is 30.7 Å². The van der Waals surface area contributed by atoms with Gasteiger partial charge in [-0.1, -0.05) is 98.8 Å². The smallest absolute Gasteiger partial charge is 0.496 e. The molecule has 3 unspecified atom stereocenters. The van der Waals surface area contributed by atoms with Crippen LogP contribution in [0.15, 0.2) is 97.6 Å². The van der Waals surface area contributed by atoms with Gasteiger partial charge in [-0.2, -0.15) is 0 Å². The molecule has 0 amide bonds. The molecule has 0 heterocycles. The standard InChI is InChI=1S/C37H42O2P2.C5H10.2CH3.Fe/c1-8-29-19-20-34(40(30-15-11-9-12-16-30)31-17-13-10-14-18-31)37(29)41(32-21-25(2)35(38-6)26(3)22-32)33-23-27(4)36(39-7)28(5)24-33;1-2-4-5-3-1;;;/h8-18,21-24,29,34,37H,1,19-20H2,2-7H3;1-5H2;2*1H3;/q;;2*-1;+2.